The Hall–Kier alpha value is -0.0800. The summed E-state index contributed by atoms with van der Waals surface area (Å²) in [6.45, 7) is 0. The maximum Gasteiger partial charge on any atom is 0.0970 e. The van der Waals surface area contributed by atoms with Gasteiger partial charge in [-0.2, -0.15) is 0 Å². The predicted octanol–water partition coefficient (Wildman–Crippen LogP) is 2.27. The standard InChI is InChI=1S/C10H20N2/c1-12-10(11-12)8-6-4-2-3-5-7-9-10/h11H,2-9H2,1H3. The molecule has 0 amide bonds. The number of hydrogen-bond donors (Lipinski definition) is 1. The Morgan fingerprint density at radius 2 is 1.33 bits per heavy atom. The topological polar surface area (TPSA) is 25.0 Å². The third kappa shape index (κ3) is 1.64. The molecule has 2 rings (SSSR count). The molecular weight excluding hydrogens is 148 g/mol. The minimum absolute atomic E-state index is 0.435. The third-order valence-electron chi connectivity index (χ3n) is 3.40. The van der Waals surface area contributed by atoms with Crippen molar-refractivity contribution in [3.05, 3.63) is 0 Å². The Morgan fingerprint density at radius 3 is 1.75 bits per heavy atom. The van der Waals surface area contributed by atoms with Crippen molar-refractivity contribution in [3.8, 4) is 0 Å². The molecule has 0 aromatic carbocycles. The Balaban J connectivity index is 1.87. The smallest absolute Gasteiger partial charge is 0.0970 e. The molecular formula is C10H20N2. The van der Waals surface area contributed by atoms with Gasteiger partial charge in [0.15, 0.2) is 0 Å². The van der Waals surface area contributed by atoms with E-state index in [1.54, 1.807) is 0 Å². The van der Waals surface area contributed by atoms with Crippen molar-refractivity contribution in [2.24, 2.45) is 0 Å². The second-order valence-corrected chi connectivity index (χ2v) is 4.32. The van der Waals surface area contributed by atoms with Crippen LogP contribution in [0.25, 0.3) is 0 Å². The van der Waals surface area contributed by atoms with Crippen LogP contribution in [-0.2, 0) is 0 Å². The van der Waals surface area contributed by atoms with Crippen molar-refractivity contribution in [2.45, 2.75) is 57.0 Å². The zero-order chi connectivity index (χ0) is 8.44. The highest BCUT2D eigenvalue weighted by molar-refractivity contribution is 4.95. The summed E-state index contributed by atoms with van der Waals surface area (Å²) in [6, 6.07) is 0. The molecule has 0 aromatic rings. The molecule has 2 fully saturated rings. The van der Waals surface area contributed by atoms with Gasteiger partial charge in [0.2, 0.25) is 0 Å². The van der Waals surface area contributed by atoms with E-state index in [1.165, 1.54) is 51.4 Å². The summed E-state index contributed by atoms with van der Waals surface area (Å²) in [4.78, 5) is 0. The van der Waals surface area contributed by atoms with Gasteiger partial charge in [0.05, 0.1) is 5.66 Å². The Labute approximate surface area is 75.3 Å². The third-order valence-corrected chi connectivity index (χ3v) is 3.40. The maximum absolute atomic E-state index is 3.48. The van der Waals surface area contributed by atoms with Crippen LogP contribution in [-0.4, -0.2) is 17.7 Å². The first-order valence-corrected chi connectivity index (χ1v) is 5.35. The minimum Gasteiger partial charge on any atom is -0.232 e. The van der Waals surface area contributed by atoms with Gasteiger partial charge < -0.3 is 0 Å². The summed E-state index contributed by atoms with van der Waals surface area (Å²) >= 11 is 0. The molecule has 0 bridgehead atoms. The number of nitrogens with one attached hydrogen (secondary N) is 1. The summed E-state index contributed by atoms with van der Waals surface area (Å²) in [6.07, 6.45) is 11.4. The second-order valence-electron chi connectivity index (χ2n) is 4.32. The average molecular weight is 168 g/mol. The van der Waals surface area contributed by atoms with Crippen molar-refractivity contribution in [1.29, 1.82) is 0 Å². The summed E-state index contributed by atoms with van der Waals surface area (Å²) < 4.78 is 0. The van der Waals surface area contributed by atoms with Gasteiger partial charge in [-0.25, -0.2) is 10.4 Å². The summed E-state index contributed by atoms with van der Waals surface area (Å²) in [5.74, 6) is 0. The molecule has 1 saturated carbocycles. The fourth-order valence-electron chi connectivity index (χ4n) is 2.40. The Morgan fingerprint density at radius 1 is 0.917 bits per heavy atom. The van der Waals surface area contributed by atoms with E-state index in [-0.39, 0.29) is 0 Å². The first-order chi connectivity index (χ1) is 5.83. The number of rotatable bonds is 0. The molecule has 0 aromatic heterocycles. The van der Waals surface area contributed by atoms with Crippen LogP contribution in [0.3, 0.4) is 0 Å². The zero-order valence-corrected chi connectivity index (χ0v) is 8.10. The molecule has 0 radical (unpaired) electrons. The quantitative estimate of drug-likeness (QED) is 0.561. The molecule has 1 heterocycles. The van der Waals surface area contributed by atoms with Crippen LogP contribution >= 0.6 is 0 Å². The molecule has 1 atom stereocenters. The lowest BCUT2D eigenvalue weighted by Crippen LogP contribution is -2.17. The largest absolute Gasteiger partial charge is 0.232 e. The summed E-state index contributed by atoms with van der Waals surface area (Å²) in [5, 5.41) is 2.30. The number of hydrazine groups is 1. The fraction of sp³-hybridized carbons (Fsp3) is 1.00. The molecule has 2 aliphatic rings. The van der Waals surface area contributed by atoms with E-state index in [0.29, 0.717) is 5.66 Å². The van der Waals surface area contributed by atoms with E-state index >= 15 is 0 Å². The van der Waals surface area contributed by atoms with E-state index in [9.17, 15) is 0 Å². The predicted molar refractivity (Wildman–Crippen MR) is 50.6 cm³/mol. The highest BCUT2D eigenvalue weighted by atomic mass is 15.8. The van der Waals surface area contributed by atoms with E-state index in [2.05, 4.69) is 17.5 Å². The molecule has 2 heteroatoms. The number of hydrogen-bond acceptors (Lipinski definition) is 2. The maximum atomic E-state index is 3.48. The van der Waals surface area contributed by atoms with Crippen LogP contribution in [0.2, 0.25) is 0 Å². The van der Waals surface area contributed by atoms with Gasteiger partial charge in [-0.05, 0) is 12.8 Å². The van der Waals surface area contributed by atoms with Crippen LogP contribution in [0.5, 0.6) is 0 Å². The molecule has 1 aliphatic carbocycles. The van der Waals surface area contributed by atoms with Crippen LogP contribution in [0.4, 0.5) is 0 Å². The first kappa shape index (κ1) is 8.52. The lowest BCUT2D eigenvalue weighted by Gasteiger charge is -2.10. The average Bonchev–Trinajstić information content (AvgIpc) is 2.66. The lowest BCUT2D eigenvalue weighted by molar-refractivity contribution is 0.392. The van der Waals surface area contributed by atoms with Crippen LogP contribution in [0, 0.1) is 0 Å². The van der Waals surface area contributed by atoms with Crippen molar-refractivity contribution in [1.82, 2.24) is 10.4 Å². The van der Waals surface area contributed by atoms with E-state index in [1.807, 2.05) is 0 Å². The summed E-state index contributed by atoms with van der Waals surface area (Å²) in [5.41, 5.74) is 3.91. The van der Waals surface area contributed by atoms with Gasteiger partial charge in [0, 0.05) is 7.05 Å². The van der Waals surface area contributed by atoms with Crippen molar-refractivity contribution < 1.29 is 0 Å². The van der Waals surface area contributed by atoms with Gasteiger partial charge in [-0.3, -0.25) is 0 Å². The van der Waals surface area contributed by atoms with Crippen LogP contribution in [0.1, 0.15) is 51.4 Å². The molecule has 1 aliphatic heterocycles. The molecule has 1 unspecified atom stereocenters. The van der Waals surface area contributed by atoms with Crippen LogP contribution in [0.15, 0.2) is 0 Å². The van der Waals surface area contributed by atoms with Gasteiger partial charge in [0.25, 0.3) is 0 Å². The van der Waals surface area contributed by atoms with E-state index in [0.717, 1.165) is 0 Å². The zero-order valence-electron chi connectivity index (χ0n) is 8.10. The van der Waals surface area contributed by atoms with E-state index in [4.69, 9.17) is 0 Å². The molecule has 1 spiro atoms. The van der Waals surface area contributed by atoms with Gasteiger partial charge in [-0.15, -0.1) is 0 Å². The van der Waals surface area contributed by atoms with Gasteiger partial charge >= 0.3 is 0 Å². The van der Waals surface area contributed by atoms with Gasteiger partial charge in [-0.1, -0.05) is 38.5 Å². The normalized spacial score (nSPS) is 35.2. The second kappa shape index (κ2) is 3.35. The molecule has 1 N–H and O–H groups in total. The fourth-order valence-corrected chi connectivity index (χ4v) is 2.40. The lowest BCUT2D eigenvalue weighted by atomic mass is 10.0. The SMILES string of the molecule is CN1NC12CCCCCCCC2. The van der Waals surface area contributed by atoms with E-state index < -0.39 is 0 Å². The van der Waals surface area contributed by atoms with Gasteiger partial charge in [0.1, 0.15) is 0 Å². The van der Waals surface area contributed by atoms with Crippen molar-refractivity contribution >= 4 is 0 Å². The Bertz CT molecular complexity index is 146. The number of nitrogens with zero attached hydrogens (tertiary/aromatic N) is 1. The summed E-state index contributed by atoms with van der Waals surface area (Å²) in [7, 11) is 2.18. The first-order valence-electron chi connectivity index (χ1n) is 5.35. The molecule has 1 saturated heterocycles. The highest BCUT2D eigenvalue weighted by Crippen LogP contribution is 2.35. The van der Waals surface area contributed by atoms with Crippen LogP contribution < -0.4 is 5.43 Å². The van der Waals surface area contributed by atoms with Crippen molar-refractivity contribution in [3.63, 3.8) is 0 Å². The monoisotopic (exact) mass is 168 g/mol. The molecule has 70 valence electrons. The Kier molecular flexibility index (Phi) is 2.37. The van der Waals surface area contributed by atoms with Crippen molar-refractivity contribution in [2.75, 3.05) is 7.05 Å². The minimum atomic E-state index is 0.435. The molecule has 12 heavy (non-hydrogen) atoms. The highest BCUT2D eigenvalue weighted by Gasteiger charge is 2.47. The molecule has 2 nitrogen and oxygen atoms in total.